The van der Waals surface area contributed by atoms with E-state index >= 15 is 0 Å². The van der Waals surface area contributed by atoms with Gasteiger partial charge in [0.2, 0.25) is 21.8 Å². The van der Waals surface area contributed by atoms with Gasteiger partial charge in [-0.3, -0.25) is 9.59 Å². The van der Waals surface area contributed by atoms with Crippen molar-refractivity contribution in [2.24, 2.45) is 16.7 Å². The molecule has 0 atom stereocenters. The zero-order valence-electron chi connectivity index (χ0n) is 23.9. The summed E-state index contributed by atoms with van der Waals surface area (Å²) in [5.41, 5.74) is 8.69. The maximum absolute atomic E-state index is 13.7. The molecule has 0 fully saturated rings. The number of rotatable bonds is 15. The van der Waals surface area contributed by atoms with Crippen LogP contribution < -0.4 is 16.9 Å². The van der Waals surface area contributed by atoms with E-state index in [-0.39, 0.29) is 28.9 Å². The van der Waals surface area contributed by atoms with Crippen molar-refractivity contribution in [3.8, 4) is 0 Å². The second-order valence-electron chi connectivity index (χ2n) is 9.81. The molecule has 3 rings (SSSR count). The minimum absolute atomic E-state index is 0.00770. The summed E-state index contributed by atoms with van der Waals surface area (Å²) in [6.45, 7) is 1.91. The highest BCUT2D eigenvalue weighted by molar-refractivity contribution is 7.89. The summed E-state index contributed by atoms with van der Waals surface area (Å²) in [6.07, 6.45) is 2.45. The highest BCUT2D eigenvalue weighted by Crippen LogP contribution is 2.32. The van der Waals surface area contributed by atoms with Gasteiger partial charge in [-0.2, -0.15) is 9.41 Å². The SMILES string of the molecule is Cc1c(Cl)ccc(S(=O)(=O)N(CCc2ccccc2)CC(=O)NCC(=O)N(CCCN)Cc2ccc(C=NN)cc2)c1Cl. The first-order valence-corrected chi connectivity index (χ1v) is 15.8. The molecular formula is C30H36Cl2N6O4S. The smallest absolute Gasteiger partial charge is 0.245 e. The molecule has 230 valence electrons. The van der Waals surface area contributed by atoms with Crippen LogP contribution in [0.4, 0.5) is 0 Å². The van der Waals surface area contributed by atoms with Crippen molar-refractivity contribution in [1.29, 1.82) is 0 Å². The molecule has 2 amide bonds. The highest BCUT2D eigenvalue weighted by atomic mass is 35.5. The molecule has 3 aromatic carbocycles. The number of sulfonamides is 1. The molecular weight excluding hydrogens is 611 g/mol. The van der Waals surface area contributed by atoms with Gasteiger partial charge in [0.05, 0.1) is 24.3 Å². The monoisotopic (exact) mass is 646 g/mol. The molecule has 0 aliphatic heterocycles. The van der Waals surface area contributed by atoms with E-state index in [2.05, 4.69) is 10.4 Å². The first-order valence-electron chi connectivity index (χ1n) is 13.6. The van der Waals surface area contributed by atoms with Gasteiger partial charge in [-0.15, -0.1) is 0 Å². The third-order valence-corrected chi connectivity index (χ3v) is 9.61. The average Bonchev–Trinajstić information content (AvgIpc) is 3.00. The van der Waals surface area contributed by atoms with E-state index in [0.29, 0.717) is 43.1 Å². The molecule has 10 nitrogen and oxygen atoms in total. The number of amides is 2. The largest absolute Gasteiger partial charge is 0.346 e. The normalized spacial score (nSPS) is 11.7. The lowest BCUT2D eigenvalue weighted by Crippen LogP contribution is -2.45. The number of carbonyl (C=O) groups excluding carboxylic acids is 2. The first-order chi connectivity index (χ1) is 20.6. The predicted molar refractivity (Wildman–Crippen MR) is 170 cm³/mol. The number of hydrogen-bond donors (Lipinski definition) is 3. The lowest BCUT2D eigenvalue weighted by atomic mass is 10.1. The zero-order valence-corrected chi connectivity index (χ0v) is 26.2. The number of hydrazone groups is 1. The summed E-state index contributed by atoms with van der Waals surface area (Å²) < 4.78 is 28.5. The molecule has 0 unspecified atom stereocenters. The summed E-state index contributed by atoms with van der Waals surface area (Å²) in [5.74, 6) is 4.24. The van der Waals surface area contributed by atoms with Crippen LogP contribution in [0.15, 0.2) is 76.7 Å². The lowest BCUT2D eigenvalue weighted by Gasteiger charge is -2.25. The van der Waals surface area contributed by atoms with Crippen LogP contribution in [0.3, 0.4) is 0 Å². The van der Waals surface area contributed by atoms with Crippen molar-refractivity contribution >= 4 is 51.3 Å². The van der Waals surface area contributed by atoms with Crippen molar-refractivity contribution in [1.82, 2.24) is 14.5 Å². The van der Waals surface area contributed by atoms with Gasteiger partial charge in [-0.25, -0.2) is 8.42 Å². The molecule has 13 heteroatoms. The van der Waals surface area contributed by atoms with E-state index in [1.807, 2.05) is 54.6 Å². The van der Waals surface area contributed by atoms with Crippen LogP contribution in [-0.2, 0) is 32.6 Å². The Hall–Kier alpha value is -3.48. The van der Waals surface area contributed by atoms with E-state index < -0.39 is 22.5 Å². The summed E-state index contributed by atoms with van der Waals surface area (Å²) in [6, 6.07) is 19.5. The Morgan fingerprint density at radius 1 is 0.977 bits per heavy atom. The van der Waals surface area contributed by atoms with E-state index in [9.17, 15) is 18.0 Å². The van der Waals surface area contributed by atoms with Gasteiger partial charge >= 0.3 is 0 Å². The topological polar surface area (TPSA) is 151 Å². The summed E-state index contributed by atoms with van der Waals surface area (Å²) >= 11 is 12.5. The molecule has 0 aromatic heterocycles. The fourth-order valence-electron chi connectivity index (χ4n) is 4.25. The number of halogens is 2. The molecule has 0 aliphatic carbocycles. The van der Waals surface area contributed by atoms with E-state index in [1.54, 1.807) is 11.8 Å². The molecule has 0 heterocycles. The summed E-state index contributed by atoms with van der Waals surface area (Å²) in [5, 5.41) is 6.41. The molecule has 0 bridgehead atoms. The first kappa shape index (κ1) is 34.0. The van der Waals surface area contributed by atoms with Crippen molar-refractivity contribution < 1.29 is 18.0 Å². The zero-order chi connectivity index (χ0) is 31.4. The average molecular weight is 648 g/mol. The molecule has 0 radical (unpaired) electrons. The Labute approximate surface area is 262 Å². The highest BCUT2D eigenvalue weighted by Gasteiger charge is 2.30. The Kier molecular flexibility index (Phi) is 13.0. The summed E-state index contributed by atoms with van der Waals surface area (Å²) in [4.78, 5) is 27.6. The Morgan fingerprint density at radius 3 is 2.33 bits per heavy atom. The molecule has 5 N–H and O–H groups in total. The van der Waals surface area contributed by atoms with E-state index in [4.69, 9.17) is 34.8 Å². The number of nitrogens with one attached hydrogen (secondary N) is 1. The molecule has 0 saturated carbocycles. The number of nitrogens with zero attached hydrogens (tertiary/aromatic N) is 3. The molecule has 0 saturated heterocycles. The van der Waals surface area contributed by atoms with E-state index in [0.717, 1.165) is 21.0 Å². The molecule has 3 aromatic rings. The molecule has 0 aliphatic rings. The number of hydrogen-bond acceptors (Lipinski definition) is 7. The van der Waals surface area contributed by atoms with Crippen LogP contribution in [0.1, 0.15) is 28.7 Å². The van der Waals surface area contributed by atoms with Crippen LogP contribution in [0.5, 0.6) is 0 Å². The second kappa shape index (κ2) is 16.4. The van der Waals surface area contributed by atoms with Gasteiger partial charge in [0.25, 0.3) is 0 Å². The van der Waals surface area contributed by atoms with Crippen molar-refractivity contribution in [2.75, 3.05) is 32.7 Å². The van der Waals surface area contributed by atoms with Crippen LogP contribution >= 0.6 is 23.2 Å². The van der Waals surface area contributed by atoms with Gasteiger partial charge in [0.1, 0.15) is 4.90 Å². The lowest BCUT2D eigenvalue weighted by molar-refractivity contribution is -0.133. The predicted octanol–water partition coefficient (Wildman–Crippen LogP) is 3.32. The van der Waals surface area contributed by atoms with Gasteiger partial charge in [-0.1, -0.05) is 77.8 Å². The maximum atomic E-state index is 13.7. The Morgan fingerprint density at radius 2 is 1.67 bits per heavy atom. The van der Waals surface area contributed by atoms with Gasteiger partial charge in [-0.05, 0) is 60.7 Å². The molecule has 0 spiro atoms. The fourth-order valence-corrected chi connectivity index (χ4v) is 6.43. The minimum atomic E-state index is -4.20. The van der Waals surface area contributed by atoms with E-state index in [1.165, 1.54) is 18.3 Å². The van der Waals surface area contributed by atoms with Gasteiger partial charge < -0.3 is 21.8 Å². The van der Waals surface area contributed by atoms with Crippen molar-refractivity contribution in [3.63, 3.8) is 0 Å². The van der Waals surface area contributed by atoms with Gasteiger partial charge in [0, 0.05) is 24.7 Å². The third-order valence-electron chi connectivity index (χ3n) is 6.71. The fraction of sp³-hybridized carbons (Fsp3) is 0.300. The van der Waals surface area contributed by atoms with Crippen LogP contribution in [0.2, 0.25) is 10.0 Å². The third kappa shape index (κ3) is 9.77. The Bertz CT molecular complexity index is 1520. The quantitative estimate of drug-likeness (QED) is 0.131. The van der Waals surface area contributed by atoms with Gasteiger partial charge in [0.15, 0.2) is 0 Å². The number of benzene rings is 3. The van der Waals surface area contributed by atoms with Crippen LogP contribution in [0, 0.1) is 6.92 Å². The second-order valence-corrected chi connectivity index (χ2v) is 12.5. The summed E-state index contributed by atoms with van der Waals surface area (Å²) in [7, 11) is -4.20. The van der Waals surface area contributed by atoms with Crippen LogP contribution in [-0.4, -0.2) is 68.4 Å². The maximum Gasteiger partial charge on any atom is 0.245 e. The minimum Gasteiger partial charge on any atom is -0.346 e. The van der Waals surface area contributed by atoms with Crippen LogP contribution in [0.25, 0.3) is 0 Å². The van der Waals surface area contributed by atoms with Crippen molar-refractivity contribution in [3.05, 3.63) is 99.0 Å². The Balaban J connectivity index is 1.73. The van der Waals surface area contributed by atoms with Crippen molar-refractivity contribution in [2.45, 2.75) is 31.2 Å². The number of nitrogens with two attached hydrogens (primary N) is 2. The standard InChI is InChI=1S/C30H36Cl2N6O4S/c1-22-26(31)12-13-27(30(22)32)43(41,42)38(17-14-23-6-3-2-4-7-23)21-28(39)35-19-29(40)37(16-5-15-33)20-25-10-8-24(9-11-25)18-36-34/h2-4,6-13,18H,5,14-17,19-21,33-34H2,1H3,(H,35,39). The number of carbonyl (C=O) groups is 2. The molecule has 43 heavy (non-hydrogen) atoms.